The molecule has 0 aliphatic heterocycles. The zero-order valence-corrected chi connectivity index (χ0v) is 11.0. The van der Waals surface area contributed by atoms with Crippen LogP contribution in [0.2, 0.25) is 0 Å². The lowest BCUT2D eigenvalue weighted by Crippen LogP contribution is -2.20. The van der Waals surface area contributed by atoms with Crippen molar-refractivity contribution >= 4 is 0 Å². The van der Waals surface area contributed by atoms with Crippen molar-refractivity contribution in [2.45, 2.75) is 34.2 Å². The number of nitrogens with zero attached hydrogens (tertiary/aromatic N) is 2. The van der Waals surface area contributed by atoms with Crippen molar-refractivity contribution in [3.05, 3.63) is 18.2 Å². The molecule has 2 rings (SSSR count). The fraction of sp³-hybridized carbons (Fsp3) is 0.769. The highest BCUT2D eigenvalue weighted by atomic mass is 15.0. The molecule has 1 N–H and O–H groups in total. The Morgan fingerprint density at radius 2 is 1.94 bits per heavy atom. The molecule has 0 atom stereocenters. The maximum atomic E-state index is 4.12. The molecule has 0 radical (unpaired) electrons. The van der Waals surface area contributed by atoms with Gasteiger partial charge in [0.1, 0.15) is 0 Å². The van der Waals surface area contributed by atoms with E-state index in [4.69, 9.17) is 0 Å². The summed E-state index contributed by atoms with van der Waals surface area (Å²) < 4.78 is 2.07. The predicted octanol–water partition coefficient (Wildman–Crippen LogP) is 2.19. The monoisotopic (exact) mass is 221 g/mol. The first kappa shape index (κ1) is 11.6. The summed E-state index contributed by atoms with van der Waals surface area (Å²) in [5.41, 5.74) is 2.20. The van der Waals surface area contributed by atoms with Crippen LogP contribution in [0.1, 0.15) is 33.4 Å². The molecule has 0 saturated heterocycles. The highest BCUT2D eigenvalue weighted by molar-refractivity contribution is 5.13. The molecule has 1 fully saturated rings. The molecule has 0 unspecified atom stereocenters. The molecule has 1 aliphatic carbocycles. The van der Waals surface area contributed by atoms with Gasteiger partial charge in [0.05, 0.1) is 12.0 Å². The van der Waals surface area contributed by atoms with Gasteiger partial charge in [0.2, 0.25) is 0 Å². The Labute approximate surface area is 98.3 Å². The topological polar surface area (TPSA) is 29.9 Å². The average Bonchev–Trinajstić information content (AvgIpc) is 2.52. The zero-order valence-electron chi connectivity index (χ0n) is 11.0. The van der Waals surface area contributed by atoms with Crippen LogP contribution >= 0.6 is 0 Å². The third-order valence-electron chi connectivity index (χ3n) is 4.89. The lowest BCUT2D eigenvalue weighted by atomic mass is 10.0. The van der Waals surface area contributed by atoms with Gasteiger partial charge in [-0.2, -0.15) is 0 Å². The summed E-state index contributed by atoms with van der Waals surface area (Å²) in [6.07, 6.45) is 3.78. The van der Waals surface area contributed by atoms with Gasteiger partial charge in [0, 0.05) is 19.8 Å². The Bertz CT molecular complexity index is 362. The molecule has 1 aromatic heterocycles. The minimum absolute atomic E-state index is 0.479. The lowest BCUT2D eigenvalue weighted by molar-refractivity contribution is 0.457. The van der Waals surface area contributed by atoms with Gasteiger partial charge in [-0.25, -0.2) is 4.98 Å². The highest BCUT2D eigenvalue weighted by Crippen LogP contribution is 2.67. The van der Waals surface area contributed by atoms with Crippen LogP contribution in [0.5, 0.6) is 0 Å². The number of hydrogen-bond acceptors (Lipinski definition) is 2. The molecule has 3 nitrogen and oxygen atoms in total. The normalized spacial score (nSPS) is 22.3. The molecule has 0 spiro atoms. The predicted molar refractivity (Wildman–Crippen MR) is 66.0 cm³/mol. The van der Waals surface area contributed by atoms with Crippen molar-refractivity contribution in [2.75, 3.05) is 6.54 Å². The third-order valence-corrected chi connectivity index (χ3v) is 4.89. The summed E-state index contributed by atoms with van der Waals surface area (Å²) in [5, 5.41) is 3.54. The molecular formula is C13H23N3. The number of imidazole rings is 1. The van der Waals surface area contributed by atoms with Crippen LogP contribution in [0.3, 0.4) is 0 Å². The van der Waals surface area contributed by atoms with E-state index in [2.05, 4.69) is 42.6 Å². The van der Waals surface area contributed by atoms with Gasteiger partial charge < -0.3 is 9.88 Å². The molecule has 0 bridgehead atoms. The van der Waals surface area contributed by atoms with E-state index in [1.165, 1.54) is 5.69 Å². The van der Waals surface area contributed by atoms with Crippen LogP contribution in [0, 0.1) is 16.7 Å². The average molecular weight is 221 g/mol. The SMILES string of the molecule is Cn1cncc1CNCC1C(C)(C)C1(C)C. The molecule has 1 aliphatic rings. The molecule has 90 valence electrons. The van der Waals surface area contributed by atoms with Crippen LogP contribution in [0.4, 0.5) is 0 Å². The van der Waals surface area contributed by atoms with Crippen LogP contribution < -0.4 is 5.32 Å². The minimum atomic E-state index is 0.479. The number of hydrogen-bond donors (Lipinski definition) is 1. The summed E-state index contributed by atoms with van der Waals surface area (Å²) in [6, 6.07) is 0. The minimum Gasteiger partial charge on any atom is -0.337 e. The van der Waals surface area contributed by atoms with Gasteiger partial charge in [0.25, 0.3) is 0 Å². The number of aryl methyl sites for hydroxylation is 1. The quantitative estimate of drug-likeness (QED) is 0.844. The largest absolute Gasteiger partial charge is 0.337 e. The number of aromatic nitrogens is 2. The van der Waals surface area contributed by atoms with Gasteiger partial charge in [-0.15, -0.1) is 0 Å². The van der Waals surface area contributed by atoms with Crippen molar-refractivity contribution in [1.29, 1.82) is 0 Å². The fourth-order valence-electron chi connectivity index (χ4n) is 2.74. The van der Waals surface area contributed by atoms with E-state index < -0.39 is 0 Å². The molecule has 0 aromatic carbocycles. The molecular weight excluding hydrogens is 198 g/mol. The maximum Gasteiger partial charge on any atom is 0.0945 e. The van der Waals surface area contributed by atoms with Crippen molar-refractivity contribution in [1.82, 2.24) is 14.9 Å². The first-order valence-corrected chi connectivity index (χ1v) is 6.03. The Kier molecular flexibility index (Phi) is 2.61. The van der Waals surface area contributed by atoms with Gasteiger partial charge in [0.15, 0.2) is 0 Å². The van der Waals surface area contributed by atoms with E-state index in [9.17, 15) is 0 Å². The van der Waals surface area contributed by atoms with Crippen LogP contribution in [-0.2, 0) is 13.6 Å². The summed E-state index contributed by atoms with van der Waals surface area (Å²) in [6.45, 7) is 11.5. The van der Waals surface area contributed by atoms with Gasteiger partial charge in [-0.05, 0) is 23.3 Å². The van der Waals surface area contributed by atoms with Gasteiger partial charge in [-0.3, -0.25) is 0 Å². The van der Waals surface area contributed by atoms with Crippen LogP contribution in [0.25, 0.3) is 0 Å². The Hall–Kier alpha value is -0.830. The van der Waals surface area contributed by atoms with Crippen molar-refractivity contribution in [3.8, 4) is 0 Å². The number of rotatable bonds is 4. The first-order chi connectivity index (χ1) is 7.37. The van der Waals surface area contributed by atoms with Gasteiger partial charge in [-0.1, -0.05) is 27.7 Å². The summed E-state index contributed by atoms with van der Waals surface area (Å²) in [7, 11) is 2.04. The Morgan fingerprint density at radius 3 is 2.38 bits per heavy atom. The summed E-state index contributed by atoms with van der Waals surface area (Å²) in [5.74, 6) is 0.785. The maximum absolute atomic E-state index is 4.12. The second-order valence-corrected chi connectivity index (χ2v) is 6.12. The first-order valence-electron chi connectivity index (χ1n) is 6.03. The van der Waals surface area contributed by atoms with Gasteiger partial charge >= 0.3 is 0 Å². The Morgan fingerprint density at radius 1 is 1.31 bits per heavy atom. The van der Waals surface area contributed by atoms with Crippen molar-refractivity contribution in [3.63, 3.8) is 0 Å². The highest BCUT2D eigenvalue weighted by Gasteiger charge is 2.63. The molecule has 3 heteroatoms. The molecule has 16 heavy (non-hydrogen) atoms. The second kappa shape index (κ2) is 3.59. The Balaban J connectivity index is 1.81. The molecule has 0 amide bonds. The van der Waals surface area contributed by atoms with E-state index >= 15 is 0 Å². The summed E-state index contributed by atoms with van der Waals surface area (Å²) in [4.78, 5) is 4.12. The molecule has 1 aromatic rings. The van der Waals surface area contributed by atoms with Crippen LogP contribution in [0.15, 0.2) is 12.5 Å². The molecule has 1 saturated carbocycles. The van der Waals surface area contributed by atoms with E-state index in [1.807, 2.05) is 19.6 Å². The summed E-state index contributed by atoms with van der Waals surface area (Å²) >= 11 is 0. The number of nitrogens with one attached hydrogen (secondary N) is 1. The lowest BCUT2D eigenvalue weighted by Gasteiger charge is -2.06. The molecule has 1 heterocycles. The van der Waals surface area contributed by atoms with Crippen LogP contribution in [-0.4, -0.2) is 16.1 Å². The van der Waals surface area contributed by atoms with Crippen molar-refractivity contribution in [2.24, 2.45) is 23.8 Å². The van der Waals surface area contributed by atoms with Crippen molar-refractivity contribution < 1.29 is 0 Å². The van der Waals surface area contributed by atoms with E-state index in [0.717, 1.165) is 19.0 Å². The van der Waals surface area contributed by atoms with E-state index in [1.54, 1.807) is 0 Å². The van der Waals surface area contributed by atoms with E-state index in [0.29, 0.717) is 10.8 Å². The standard InChI is InChI=1S/C13H23N3/c1-12(2)11(13(12,3)4)8-14-6-10-7-15-9-16(10)5/h7,9,11,14H,6,8H2,1-5H3. The third kappa shape index (κ3) is 1.67. The second-order valence-electron chi connectivity index (χ2n) is 6.12. The van der Waals surface area contributed by atoms with E-state index in [-0.39, 0.29) is 0 Å². The zero-order chi connectivity index (χ0) is 12.0. The smallest absolute Gasteiger partial charge is 0.0945 e. The fourth-order valence-corrected chi connectivity index (χ4v) is 2.74.